The Bertz CT molecular complexity index is 676. The molecule has 5 heteroatoms. The number of hydrogen-bond acceptors (Lipinski definition) is 5. The molecule has 0 saturated heterocycles. The average Bonchev–Trinajstić information content (AvgIpc) is 2.80. The van der Waals surface area contributed by atoms with Crippen molar-refractivity contribution >= 4 is 17.2 Å². The lowest BCUT2D eigenvalue weighted by atomic mass is 9.95. The molecule has 0 aromatic heterocycles. The fourth-order valence-electron chi connectivity index (χ4n) is 3.80. The minimum atomic E-state index is -0.153. The van der Waals surface area contributed by atoms with Crippen molar-refractivity contribution in [3.8, 4) is 0 Å². The third-order valence-electron chi connectivity index (χ3n) is 5.22. The first-order valence-corrected chi connectivity index (χ1v) is 7.51. The van der Waals surface area contributed by atoms with Gasteiger partial charge in [0, 0.05) is 23.4 Å². The van der Waals surface area contributed by atoms with Crippen LogP contribution in [-0.4, -0.2) is 11.0 Å². The van der Waals surface area contributed by atoms with E-state index < -0.39 is 0 Å². The Hall–Kier alpha value is -1.85. The smallest absolute Gasteiger partial charge is 0.161 e. The first kappa shape index (κ1) is 15.1. The summed E-state index contributed by atoms with van der Waals surface area (Å²) in [5.74, 6) is 1.09. The van der Waals surface area contributed by atoms with Gasteiger partial charge >= 0.3 is 0 Å². The quantitative estimate of drug-likeness (QED) is 0.658. The maximum Gasteiger partial charge on any atom is 0.161 e. The molecule has 2 N–H and O–H groups in total. The Labute approximate surface area is 130 Å². The van der Waals surface area contributed by atoms with Crippen molar-refractivity contribution in [2.45, 2.75) is 34.1 Å². The lowest BCUT2D eigenvalue weighted by molar-refractivity contribution is -0.115. The number of allylic oxidation sites excluding steroid dienone is 2. The van der Waals surface area contributed by atoms with Crippen molar-refractivity contribution in [2.75, 3.05) is 10.5 Å². The Balaban J connectivity index is 1.87. The summed E-state index contributed by atoms with van der Waals surface area (Å²) < 4.78 is 0. The number of hydrogen-bond donors (Lipinski definition) is 2. The number of ketones is 1. The molecule has 0 amide bonds. The van der Waals surface area contributed by atoms with Crippen LogP contribution in [0.3, 0.4) is 0 Å². The van der Waals surface area contributed by atoms with Gasteiger partial charge in [0.15, 0.2) is 5.78 Å². The highest BCUT2D eigenvalue weighted by atomic mass is 16.8. The first-order chi connectivity index (χ1) is 10.2. The standard InChI is InChI=1S/C17H21N2O3/c1-9-7-11(19(21)22)5-6-13(9)18-10(2)15-14(20)8-12-16(15)17(12,3)4/h5-7,12,16,18,21H,8H2,1-4H3/q-1/b15-10+/t12-,16-/m1/s1. The number of Topliss-reactive ketones (excluding diaryl/α,β-unsaturated/α-hetero) is 1. The highest BCUT2D eigenvalue weighted by molar-refractivity contribution is 6.01. The molecule has 22 heavy (non-hydrogen) atoms. The van der Waals surface area contributed by atoms with Crippen LogP contribution in [-0.2, 0) is 4.79 Å². The Morgan fingerprint density at radius 2 is 2.14 bits per heavy atom. The Morgan fingerprint density at radius 3 is 2.68 bits per heavy atom. The lowest BCUT2D eigenvalue weighted by Gasteiger charge is -2.23. The molecule has 5 nitrogen and oxygen atoms in total. The van der Waals surface area contributed by atoms with Gasteiger partial charge in [0.25, 0.3) is 0 Å². The summed E-state index contributed by atoms with van der Waals surface area (Å²) in [6, 6.07) is 4.89. The van der Waals surface area contributed by atoms with Gasteiger partial charge in [-0.25, -0.2) is 0 Å². The summed E-state index contributed by atoms with van der Waals surface area (Å²) in [5, 5.41) is 23.0. The number of fused-ring (bicyclic) bond motifs is 1. The second-order valence-electron chi connectivity index (χ2n) is 6.97. The van der Waals surface area contributed by atoms with Gasteiger partial charge in [-0.1, -0.05) is 13.8 Å². The first-order valence-electron chi connectivity index (χ1n) is 7.51. The van der Waals surface area contributed by atoms with Crippen LogP contribution >= 0.6 is 0 Å². The van der Waals surface area contributed by atoms with Crippen LogP contribution in [0.2, 0.25) is 0 Å². The highest BCUT2D eigenvalue weighted by Crippen LogP contribution is 2.68. The second kappa shape index (κ2) is 4.83. The van der Waals surface area contributed by atoms with Gasteiger partial charge in [0.1, 0.15) is 0 Å². The number of nitrogens with one attached hydrogen (secondary N) is 1. The fourth-order valence-corrected chi connectivity index (χ4v) is 3.80. The van der Waals surface area contributed by atoms with E-state index in [1.807, 2.05) is 13.8 Å². The molecule has 0 bridgehead atoms. The fraction of sp³-hybridized carbons (Fsp3) is 0.471. The minimum absolute atomic E-state index is 0.153. The molecule has 2 fully saturated rings. The predicted octanol–water partition coefficient (Wildman–Crippen LogP) is 3.62. The van der Waals surface area contributed by atoms with Gasteiger partial charge in [-0.3, -0.25) is 10.0 Å². The lowest BCUT2D eigenvalue weighted by Crippen LogP contribution is -2.13. The van der Waals surface area contributed by atoms with Crippen molar-refractivity contribution in [1.82, 2.24) is 0 Å². The summed E-state index contributed by atoms with van der Waals surface area (Å²) in [4.78, 5) is 12.2. The van der Waals surface area contributed by atoms with E-state index in [-0.39, 0.29) is 22.1 Å². The highest BCUT2D eigenvalue weighted by Gasteiger charge is 2.65. The van der Waals surface area contributed by atoms with Crippen molar-refractivity contribution in [2.24, 2.45) is 17.3 Å². The second-order valence-corrected chi connectivity index (χ2v) is 6.97. The van der Waals surface area contributed by atoms with Crippen molar-refractivity contribution in [3.63, 3.8) is 0 Å². The number of nitrogens with zero attached hydrogens (tertiary/aromatic N) is 1. The molecule has 2 atom stereocenters. The molecule has 118 valence electrons. The summed E-state index contributed by atoms with van der Waals surface area (Å²) in [6.07, 6.45) is 0.652. The molecule has 3 rings (SSSR count). The van der Waals surface area contributed by atoms with Gasteiger partial charge < -0.3 is 15.8 Å². The molecule has 0 heterocycles. The van der Waals surface area contributed by atoms with E-state index in [4.69, 9.17) is 5.21 Å². The molecule has 0 radical (unpaired) electrons. The number of benzene rings is 1. The number of carbonyl (C=O) groups excluding carboxylic acids is 1. The zero-order chi connectivity index (χ0) is 16.2. The van der Waals surface area contributed by atoms with Crippen LogP contribution in [0.4, 0.5) is 11.4 Å². The van der Waals surface area contributed by atoms with E-state index in [0.29, 0.717) is 18.3 Å². The molecule has 2 aliphatic carbocycles. The van der Waals surface area contributed by atoms with Crippen LogP contribution in [0.15, 0.2) is 29.5 Å². The van der Waals surface area contributed by atoms with Crippen molar-refractivity contribution in [3.05, 3.63) is 40.2 Å². The molecule has 0 aliphatic heterocycles. The number of anilines is 2. The molecule has 0 spiro atoms. The van der Waals surface area contributed by atoms with E-state index in [2.05, 4.69) is 19.2 Å². The monoisotopic (exact) mass is 301 g/mol. The van der Waals surface area contributed by atoms with Crippen LogP contribution < -0.4 is 10.5 Å². The summed E-state index contributed by atoms with van der Waals surface area (Å²) in [6.45, 7) is 8.22. The normalized spacial score (nSPS) is 27.5. The summed E-state index contributed by atoms with van der Waals surface area (Å²) in [7, 11) is 0. The molecular weight excluding hydrogens is 280 g/mol. The van der Waals surface area contributed by atoms with Gasteiger partial charge in [0.05, 0.1) is 5.69 Å². The number of carbonyl (C=O) groups is 1. The minimum Gasteiger partial charge on any atom is -0.733 e. The zero-order valence-corrected chi connectivity index (χ0v) is 13.3. The predicted molar refractivity (Wildman–Crippen MR) is 85.5 cm³/mol. The number of rotatable bonds is 3. The zero-order valence-electron chi connectivity index (χ0n) is 13.3. The van der Waals surface area contributed by atoms with Crippen LogP contribution in [0, 0.1) is 29.4 Å². The molecule has 2 aliphatic rings. The number of aryl methyl sites for hydroxylation is 1. The van der Waals surface area contributed by atoms with Crippen LogP contribution in [0.25, 0.3) is 0 Å². The molecule has 0 unspecified atom stereocenters. The van der Waals surface area contributed by atoms with E-state index in [1.54, 1.807) is 18.2 Å². The SMILES string of the molecule is C/C(Nc1ccc(N([O-])O)cc1C)=C1/C(=O)C[C@@H]2[C@H]1C2(C)C. The average molecular weight is 301 g/mol. The van der Waals surface area contributed by atoms with Gasteiger partial charge in [-0.05, 0) is 54.9 Å². The van der Waals surface area contributed by atoms with Crippen molar-refractivity contribution < 1.29 is 10.0 Å². The van der Waals surface area contributed by atoms with Crippen LogP contribution in [0.5, 0.6) is 0 Å². The van der Waals surface area contributed by atoms with Gasteiger partial charge in [0.2, 0.25) is 0 Å². The molecular formula is C17H21N2O3-. The van der Waals surface area contributed by atoms with E-state index in [1.165, 1.54) is 0 Å². The molecule has 1 aromatic rings. The maximum atomic E-state index is 12.2. The largest absolute Gasteiger partial charge is 0.733 e. The van der Waals surface area contributed by atoms with Crippen molar-refractivity contribution in [1.29, 1.82) is 0 Å². The van der Waals surface area contributed by atoms with Gasteiger partial charge in [-0.15, -0.1) is 0 Å². The molecule has 2 saturated carbocycles. The van der Waals surface area contributed by atoms with E-state index in [9.17, 15) is 10.0 Å². The third kappa shape index (κ3) is 2.21. The topological polar surface area (TPSA) is 75.6 Å². The van der Waals surface area contributed by atoms with E-state index >= 15 is 0 Å². The summed E-state index contributed by atoms with van der Waals surface area (Å²) >= 11 is 0. The Morgan fingerprint density at radius 1 is 1.45 bits per heavy atom. The molecule has 1 aromatic carbocycles. The van der Waals surface area contributed by atoms with Crippen LogP contribution in [0.1, 0.15) is 32.8 Å². The Kier molecular flexibility index (Phi) is 3.30. The maximum absolute atomic E-state index is 12.2. The summed E-state index contributed by atoms with van der Waals surface area (Å²) in [5.41, 5.74) is 3.90. The third-order valence-corrected chi connectivity index (χ3v) is 5.22. The van der Waals surface area contributed by atoms with Gasteiger partial charge in [-0.2, -0.15) is 0 Å². The van der Waals surface area contributed by atoms with E-state index in [0.717, 1.165) is 22.5 Å².